The molecule has 0 radical (unpaired) electrons. The fourth-order valence-corrected chi connectivity index (χ4v) is 6.91. The summed E-state index contributed by atoms with van der Waals surface area (Å²) < 4.78 is 8.71. The normalized spacial score (nSPS) is 11.6. The van der Waals surface area contributed by atoms with E-state index in [0.29, 0.717) is 17.5 Å². The van der Waals surface area contributed by atoms with Crippen molar-refractivity contribution in [3.63, 3.8) is 0 Å². The maximum atomic E-state index is 6.52. The average Bonchev–Trinajstić information content (AvgIpc) is 3.75. The Kier molecular flexibility index (Phi) is 6.39. The highest BCUT2D eigenvalue weighted by Crippen LogP contribution is 2.40. The monoisotopic (exact) mass is 641 g/mol. The van der Waals surface area contributed by atoms with Gasteiger partial charge in [0.05, 0.1) is 11.0 Å². The van der Waals surface area contributed by atoms with Crippen LogP contribution in [0.4, 0.5) is 0 Å². The van der Waals surface area contributed by atoms with Crippen molar-refractivity contribution in [2.24, 2.45) is 0 Å². The summed E-state index contributed by atoms with van der Waals surface area (Å²) in [6.45, 7) is 0. The summed E-state index contributed by atoms with van der Waals surface area (Å²) in [4.78, 5) is 19.9. The van der Waals surface area contributed by atoms with Crippen LogP contribution in [0.25, 0.3) is 94.9 Å². The molecule has 50 heavy (non-hydrogen) atoms. The van der Waals surface area contributed by atoms with Crippen molar-refractivity contribution in [3.8, 4) is 51.1 Å². The number of pyridine rings is 1. The molecule has 4 aromatic heterocycles. The van der Waals surface area contributed by atoms with Gasteiger partial charge in [0, 0.05) is 44.4 Å². The molecule has 4 heterocycles. The van der Waals surface area contributed by atoms with Gasteiger partial charge in [0.1, 0.15) is 11.4 Å². The lowest BCUT2D eigenvalue weighted by Gasteiger charge is -2.10. The van der Waals surface area contributed by atoms with Crippen LogP contribution in [0.15, 0.2) is 168 Å². The van der Waals surface area contributed by atoms with Gasteiger partial charge in [0.2, 0.25) is 0 Å². The molecule has 6 aromatic carbocycles. The van der Waals surface area contributed by atoms with Gasteiger partial charge in [0.15, 0.2) is 23.1 Å². The zero-order chi connectivity index (χ0) is 33.0. The maximum absolute atomic E-state index is 6.52. The minimum absolute atomic E-state index is 0.557. The van der Waals surface area contributed by atoms with Crippen molar-refractivity contribution in [2.45, 2.75) is 0 Å². The number of nitrogens with zero attached hydrogens (tertiary/aromatic N) is 5. The van der Waals surface area contributed by atoms with Gasteiger partial charge in [-0.2, -0.15) is 0 Å². The number of fused-ring (bicyclic) bond motifs is 7. The summed E-state index contributed by atoms with van der Waals surface area (Å²) in [6.07, 6.45) is 1.85. The van der Waals surface area contributed by atoms with Crippen LogP contribution >= 0.6 is 0 Å². The second-order valence-electron chi connectivity index (χ2n) is 12.3. The smallest absolute Gasteiger partial charge is 0.165 e. The van der Waals surface area contributed by atoms with Crippen molar-refractivity contribution in [1.29, 1.82) is 0 Å². The van der Waals surface area contributed by atoms with Gasteiger partial charge in [-0.05, 0) is 41.5 Å². The Morgan fingerprint density at radius 2 is 0.940 bits per heavy atom. The van der Waals surface area contributed by atoms with Crippen LogP contribution in [0.2, 0.25) is 0 Å². The molecule has 6 heteroatoms. The Hall–Kier alpha value is -6.92. The number of rotatable bonds is 5. The summed E-state index contributed by atoms with van der Waals surface area (Å²) in [6, 6.07) is 53.7. The molecule has 0 atom stereocenters. The lowest BCUT2D eigenvalue weighted by Crippen LogP contribution is -2.01. The van der Waals surface area contributed by atoms with Crippen LogP contribution in [-0.4, -0.2) is 24.5 Å². The van der Waals surface area contributed by atoms with Crippen LogP contribution in [0.5, 0.6) is 0 Å². The number of hydrogen-bond donors (Lipinski definition) is 0. The minimum Gasteiger partial charge on any atom is -0.454 e. The predicted molar refractivity (Wildman–Crippen MR) is 201 cm³/mol. The molecule has 0 N–H and O–H groups in total. The number of furan rings is 1. The molecular formula is C44H27N5O. The largest absolute Gasteiger partial charge is 0.454 e. The topological polar surface area (TPSA) is 69.6 Å². The SMILES string of the molecule is c1ccc(-c2ccc(-c3nc(-c4ccccc4)nc(-c4ccc(-n5c6ccccc6c6ccc7c8ccccc8oc7c65)nc4)n3)cc2)cc1. The standard InChI is InChI=1S/C44H27N5O/c1-3-11-28(12-4-1)29-19-21-31(22-20-29)43-46-42(30-13-5-2-6-14-30)47-44(48-43)32-23-26-39(45-27-32)49-37-17-9-7-15-33(37)35-24-25-36-34-16-8-10-18-38(34)50-41(36)40(35)49/h1-27H. The lowest BCUT2D eigenvalue weighted by atomic mass is 10.0. The second kappa shape index (κ2) is 11.4. The van der Waals surface area contributed by atoms with Gasteiger partial charge < -0.3 is 4.42 Å². The summed E-state index contributed by atoms with van der Waals surface area (Å²) >= 11 is 0. The Morgan fingerprint density at radius 3 is 1.66 bits per heavy atom. The van der Waals surface area contributed by atoms with Crippen molar-refractivity contribution in [1.82, 2.24) is 24.5 Å². The molecule has 0 aliphatic rings. The minimum atomic E-state index is 0.557. The first-order valence-electron chi connectivity index (χ1n) is 16.6. The molecule has 10 aromatic rings. The molecule has 0 saturated carbocycles. The van der Waals surface area contributed by atoms with Gasteiger partial charge in [-0.25, -0.2) is 19.9 Å². The molecule has 0 aliphatic carbocycles. The van der Waals surface area contributed by atoms with Crippen LogP contribution in [0.3, 0.4) is 0 Å². The number of aromatic nitrogens is 5. The summed E-state index contributed by atoms with van der Waals surface area (Å²) in [5, 5.41) is 4.44. The number of para-hydroxylation sites is 2. The zero-order valence-electron chi connectivity index (χ0n) is 26.7. The van der Waals surface area contributed by atoms with Crippen molar-refractivity contribution >= 4 is 43.7 Å². The molecule has 0 bridgehead atoms. The first-order valence-corrected chi connectivity index (χ1v) is 16.6. The molecule has 6 nitrogen and oxygen atoms in total. The van der Waals surface area contributed by atoms with Crippen LogP contribution in [0.1, 0.15) is 0 Å². The molecule has 0 fully saturated rings. The van der Waals surface area contributed by atoms with Crippen molar-refractivity contribution in [3.05, 3.63) is 164 Å². The fraction of sp³-hybridized carbons (Fsp3) is 0. The Morgan fingerprint density at radius 1 is 0.400 bits per heavy atom. The van der Waals surface area contributed by atoms with E-state index in [4.69, 9.17) is 24.4 Å². The van der Waals surface area contributed by atoms with Gasteiger partial charge >= 0.3 is 0 Å². The van der Waals surface area contributed by atoms with Crippen LogP contribution in [0, 0.1) is 0 Å². The van der Waals surface area contributed by atoms with E-state index >= 15 is 0 Å². The van der Waals surface area contributed by atoms with Gasteiger partial charge in [-0.3, -0.25) is 4.57 Å². The van der Waals surface area contributed by atoms with Crippen molar-refractivity contribution in [2.75, 3.05) is 0 Å². The second-order valence-corrected chi connectivity index (χ2v) is 12.3. The Labute approximate surface area is 287 Å². The van der Waals surface area contributed by atoms with E-state index in [9.17, 15) is 0 Å². The molecule has 0 spiro atoms. The highest BCUT2D eigenvalue weighted by Gasteiger charge is 2.20. The predicted octanol–water partition coefficient (Wildman–Crippen LogP) is 10.9. The highest BCUT2D eigenvalue weighted by molar-refractivity contribution is 6.21. The molecule has 0 aliphatic heterocycles. The first-order chi connectivity index (χ1) is 24.8. The van der Waals surface area contributed by atoms with E-state index in [1.165, 1.54) is 0 Å². The summed E-state index contributed by atoms with van der Waals surface area (Å²) in [5.74, 6) is 2.55. The molecule has 10 rings (SSSR count). The van der Waals surface area contributed by atoms with E-state index < -0.39 is 0 Å². The van der Waals surface area contributed by atoms with E-state index in [1.807, 2.05) is 85.1 Å². The average molecular weight is 642 g/mol. The van der Waals surface area contributed by atoms with E-state index in [-0.39, 0.29) is 0 Å². The van der Waals surface area contributed by atoms with Gasteiger partial charge in [-0.1, -0.05) is 127 Å². The highest BCUT2D eigenvalue weighted by atomic mass is 16.3. The van der Waals surface area contributed by atoms with E-state index in [1.54, 1.807) is 0 Å². The molecule has 0 saturated heterocycles. The molecular weight excluding hydrogens is 615 g/mol. The molecule has 0 amide bonds. The van der Waals surface area contributed by atoms with E-state index in [2.05, 4.69) is 83.4 Å². The number of benzene rings is 6. The van der Waals surface area contributed by atoms with Crippen molar-refractivity contribution < 1.29 is 4.42 Å². The zero-order valence-corrected chi connectivity index (χ0v) is 26.7. The Balaban J connectivity index is 1.11. The molecule has 0 unspecified atom stereocenters. The first kappa shape index (κ1) is 28.1. The van der Waals surface area contributed by atoms with Crippen LogP contribution in [-0.2, 0) is 0 Å². The van der Waals surface area contributed by atoms with E-state index in [0.717, 1.165) is 77.4 Å². The molecule has 234 valence electrons. The lowest BCUT2D eigenvalue weighted by molar-refractivity contribution is 0.671. The third-order valence-corrected chi connectivity index (χ3v) is 9.33. The third kappa shape index (κ3) is 4.58. The quantitative estimate of drug-likeness (QED) is 0.187. The summed E-state index contributed by atoms with van der Waals surface area (Å²) in [7, 11) is 0. The maximum Gasteiger partial charge on any atom is 0.165 e. The van der Waals surface area contributed by atoms with Crippen LogP contribution < -0.4 is 0 Å². The van der Waals surface area contributed by atoms with Gasteiger partial charge in [-0.15, -0.1) is 0 Å². The Bertz CT molecular complexity index is 2840. The van der Waals surface area contributed by atoms with Gasteiger partial charge in [0.25, 0.3) is 0 Å². The summed E-state index contributed by atoms with van der Waals surface area (Å²) in [5.41, 5.74) is 8.69. The fourth-order valence-electron chi connectivity index (χ4n) is 6.91. The number of hydrogen-bond acceptors (Lipinski definition) is 5. The third-order valence-electron chi connectivity index (χ3n) is 9.33.